The molecule has 13 heteroatoms. The fraction of sp³-hybridized carbons (Fsp3) is 0.594. The number of carbonyl (C=O) groups excluding carboxylic acids is 3. The van der Waals surface area contributed by atoms with Crippen LogP contribution in [0, 0.1) is 5.92 Å². The van der Waals surface area contributed by atoms with Gasteiger partial charge in [0, 0.05) is 26.5 Å². The Morgan fingerprint density at radius 3 is 2.64 bits per heavy atom. The number of allylic oxidation sites excluding steroid dienone is 3. The molecule has 4 bridgehead atoms. The summed E-state index contributed by atoms with van der Waals surface area (Å²) in [7, 11) is 6.18. The number of nitrogens with one attached hydrogen (secondary N) is 2. The number of hydrogen-bond donors (Lipinski definition) is 3. The Bertz CT molecular complexity index is 1370. The standard InChI is InChI=1S/C32H44ClN3O9/c1-17-10-9-11-24(42-8)32(40)16-23(43-30(39)35-32)18(2)28-31(4,45-28)25(44-29(38)19(3)34-5)15-26(37)36(6)21-13-20(12-17)14-22(41-7)27(21)33/h9-11,13-14,18-19,23-25,28,34,40H,12,15-16H2,1-8H3,(H,35,39)/b11-9+,17-10+/t18?,19-,23?,24?,25?,28?,31?,32?/m1/s1. The van der Waals surface area contributed by atoms with Gasteiger partial charge in [0.15, 0.2) is 5.72 Å². The third-order valence-electron chi connectivity index (χ3n) is 9.00. The van der Waals surface area contributed by atoms with E-state index in [-0.39, 0.29) is 23.8 Å². The van der Waals surface area contributed by atoms with Crippen LogP contribution in [0.4, 0.5) is 10.5 Å². The number of methoxy groups -OCH3 is 2. The van der Waals surface area contributed by atoms with Crippen LogP contribution in [-0.4, -0.2) is 93.2 Å². The van der Waals surface area contributed by atoms with Crippen molar-refractivity contribution in [2.45, 2.75) is 88.7 Å². The summed E-state index contributed by atoms with van der Waals surface area (Å²) in [6.45, 7) is 7.17. The summed E-state index contributed by atoms with van der Waals surface area (Å²) in [6, 6.07) is 2.99. The molecule has 0 aromatic heterocycles. The van der Waals surface area contributed by atoms with E-state index in [9.17, 15) is 19.5 Å². The monoisotopic (exact) mass is 649 g/mol. The number of likely N-dealkylation sites (N-methyl/N-ethyl adjacent to an activating group) is 1. The van der Waals surface area contributed by atoms with E-state index in [2.05, 4.69) is 10.6 Å². The fourth-order valence-corrected chi connectivity index (χ4v) is 6.28. The SMILES string of the molecule is CN[C@H](C)C(=O)OC1CC(=O)N(C)c2cc(cc(OC)c2Cl)C/C(C)=C/C=C/C(OC)C2(O)CC(OC(=O)N2)C(C)C2OC12C. The molecular weight excluding hydrogens is 606 g/mol. The highest BCUT2D eigenvalue weighted by Gasteiger charge is 2.64. The van der Waals surface area contributed by atoms with Crippen molar-refractivity contribution in [1.82, 2.24) is 10.6 Å². The van der Waals surface area contributed by atoms with E-state index >= 15 is 0 Å². The van der Waals surface area contributed by atoms with Crippen LogP contribution < -0.4 is 20.3 Å². The second-order valence-corrected chi connectivity index (χ2v) is 12.6. The largest absolute Gasteiger partial charge is 0.495 e. The highest BCUT2D eigenvalue weighted by atomic mass is 35.5. The molecular formula is C32H44ClN3O9. The molecule has 3 aliphatic rings. The van der Waals surface area contributed by atoms with Crippen molar-refractivity contribution < 1.29 is 43.2 Å². The van der Waals surface area contributed by atoms with E-state index in [4.69, 9.17) is 35.3 Å². The molecule has 0 aliphatic carbocycles. The number of carbonyl (C=O) groups is 3. The molecule has 2 saturated heterocycles. The lowest BCUT2D eigenvalue weighted by Gasteiger charge is -2.42. The maximum absolute atomic E-state index is 13.8. The van der Waals surface area contributed by atoms with E-state index in [0.717, 1.165) is 11.1 Å². The molecule has 45 heavy (non-hydrogen) atoms. The summed E-state index contributed by atoms with van der Waals surface area (Å²) in [5, 5.41) is 17.2. The first-order valence-corrected chi connectivity index (χ1v) is 15.3. The molecule has 3 aliphatic heterocycles. The number of halogens is 1. The van der Waals surface area contributed by atoms with E-state index < -0.39 is 59.8 Å². The van der Waals surface area contributed by atoms with Crippen molar-refractivity contribution in [3.63, 3.8) is 0 Å². The fourth-order valence-electron chi connectivity index (χ4n) is 5.97. The molecule has 2 amide bonds. The second-order valence-electron chi connectivity index (χ2n) is 12.2. The number of esters is 1. The van der Waals surface area contributed by atoms with Gasteiger partial charge in [-0.25, -0.2) is 4.79 Å². The number of amides is 2. The summed E-state index contributed by atoms with van der Waals surface area (Å²) in [5.74, 6) is -0.974. The third-order valence-corrected chi connectivity index (χ3v) is 9.38. The molecule has 1 aromatic rings. The molecule has 0 radical (unpaired) electrons. The quantitative estimate of drug-likeness (QED) is 0.321. The molecule has 3 heterocycles. The lowest BCUT2D eigenvalue weighted by molar-refractivity contribution is -0.155. The van der Waals surface area contributed by atoms with Gasteiger partial charge in [0.2, 0.25) is 5.91 Å². The van der Waals surface area contributed by atoms with Gasteiger partial charge in [-0.2, -0.15) is 0 Å². The smallest absolute Gasteiger partial charge is 0.409 e. The molecule has 8 atom stereocenters. The Balaban J connectivity index is 1.80. The Labute approximate surface area is 269 Å². The summed E-state index contributed by atoms with van der Waals surface area (Å²) >= 11 is 6.69. The van der Waals surface area contributed by atoms with Crippen molar-refractivity contribution in [1.29, 1.82) is 0 Å². The minimum absolute atomic E-state index is 0.00553. The molecule has 248 valence electrons. The summed E-state index contributed by atoms with van der Waals surface area (Å²) in [4.78, 5) is 40.9. The number of alkyl carbamates (subject to hydrolysis) is 1. The predicted octanol–water partition coefficient (Wildman–Crippen LogP) is 3.28. The van der Waals surface area contributed by atoms with Gasteiger partial charge in [-0.15, -0.1) is 0 Å². The van der Waals surface area contributed by atoms with Crippen molar-refractivity contribution in [3.8, 4) is 5.75 Å². The van der Waals surface area contributed by atoms with Crippen LogP contribution in [0.1, 0.15) is 46.1 Å². The van der Waals surface area contributed by atoms with Crippen LogP contribution in [0.25, 0.3) is 0 Å². The molecule has 4 rings (SSSR count). The average molecular weight is 650 g/mol. The number of fused-ring (bicyclic) bond motifs is 5. The predicted molar refractivity (Wildman–Crippen MR) is 167 cm³/mol. The van der Waals surface area contributed by atoms with Gasteiger partial charge in [0.05, 0.1) is 25.3 Å². The zero-order valence-corrected chi connectivity index (χ0v) is 27.8. The maximum Gasteiger partial charge on any atom is 0.409 e. The van der Waals surface area contributed by atoms with Gasteiger partial charge in [-0.05, 0) is 51.9 Å². The number of hydrogen-bond acceptors (Lipinski definition) is 10. The number of ether oxygens (including phenoxy) is 5. The van der Waals surface area contributed by atoms with Crippen molar-refractivity contribution in [3.05, 3.63) is 46.5 Å². The van der Waals surface area contributed by atoms with E-state index in [1.54, 1.807) is 46.2 Å². The number of nitrogens with zero attached hydrogens (tertiary/aromatic N) is 1. The lowest BCUT2D eigenvalue weighted by Crippen LogP contribution is -2.63. The number of epoxide rings is 1. The van der Waals surface area contributed by atoms with Crippen LogP contribution in [0.5, 0.6) is 5.75 Å². The van der Waals surface area contributed by atoms with E-state index in [0.29, 0.717) is 17.9 Å². The first kappa shape index (κ1) is 34.7. The zero-order valence-electron chi connectivity index (χ0n) is 27.0. The van der Waals surface area contributed by atoms with Crippen LogP contribution in [0.3, 0.4) is 0 Å². The van der Waals surface area contributed by atoms with Crippen LogP contribution in [-0.2, 0) is 35.0 Å². The number of benzene rings is 1. The number of anilines is 1. The Morgan fingerprint density at radius 2 is 2.00 bits per heavy atom. The minimum atomic E-state index is -1.78. The second kappa shape index (κ2) is 13.7. The Kier molecular flexibility index (Phi) is 10.6. The van der Waals surface area contributed by atoms with Crippen molar-refractivity contribution in [2.75, 3.05) is 33.2 Å². The maximum atomic E-state index is 13.8. The third kappa shape index (κ3) is 7.30. The van der Waals surface area contributed by atoms with Crippen LogP contribution in [0.15, 0.2) is 35.9 Å². The van der Waals surface area contributed by atoms with Crippen molar-refractivity contribution in [2.24, 2.45) is 5.92 Å². The summed E-state index contributed by atoms with van der Waals surface area (Å²) in [6.07, 6.45) is 1.52. The van der Waals surface area contributed by atoms with Gasteiger partial charge in [0.1, 0.15) is 40.7 Å². The first-order valence-electron chi connectivity index (χ1n) is 14.9. The molecule has 7 unspecified atom stereocenters. The Hall–Kier alpha value is -3.16. The van der Waals surface area contributed by atoms with E-state index in [1.807, 2.05) is 26.0 Å². The average Bonchev–Trinajstić information content (AvgIpc) is 3.69. The van der Waals surface area contributed by atoms with Gasteiger partial charge < -0.3 is 39.0 Å². The normalized spacial score (nSPS) is 34.8. The van der Waals surface area contributed by atoms with Gasteiger partial charge in [-0.3, -0.25) is 14.9 Å². The van der Waals surface area contributed by atoms with Gasteiger partial charge in [-0.1, -0.05) is 42.3 Å². The molecule has 0 saturated carbocycles. The summed E-state index contributed by atoms with van der Waals surface area (Å²) in [5.41, 5.74) is -0.646. The lowest BCUT2D eigenvalue weighted by atomic mass is 9.83. The van der Waals surface area contributed by atoms with E-state index in [1.165, 1.54) is 19.1 Å². The molecule has 1 aromatic carbocycles. The zero-order chi connectivity index (χ0) is 33.3. The van der Waals surface area contributed by atoms with Gasteiger partial charge in [0.25, 0.3) is 0 Å². The highest BCUT2D eigenvalue weighted by molar-refractivity contribution is 6.35. The number of aliphatic hydroxyl groups is 1. The van der Waals surface area contributed by atoms with Crippen LogP contribution in [0.2, 0.25) is 5.02 Å². The molecule has 3 N–H and O–H groups in total. The Morgan fingerprint density at radius 1 is 1.29 bits per heavy atom. The molecule has 12 nitrogen and oxygen atoms in total. The molecule has 0 spiro atoms. The van der Waals surface area contributed by atoms with Crippen LogP contribution >= 0.6 is 11.6 Å². The number of rotatable bonds is 5. The minimum Gasteiger partial charge on any atom is -0.495 e. The van der Waals surface area contributed by atoms with Crippen molar-refractivity contribution >= 4 is 35.3 Å². The van der Waals surface area contributed by atoms with Gasteiger partial charge >= 0.3 is 12.1 Å². The first-order chi connectivity index (χ1) is 21.2. The summed E-state index contributed by atoms with van der Waals surface area (Å²) < 4.78 is 28.8. The topological polar surface area (TPSA) is 148 Å². The molecule has 2 fully saturated rings. The highest BCUT2D eigenvalue weighted by Crippen LogP contribution is 2.49.